The summed E-state index contributed by atoms with van der Waals surface area (Å²) < 4.78 is 0. The minimum Gasteiger partial charge on any atom is -0.266 e. The number of rotatable bonds is 1. The van der Waals surface area contributed by atoms with Gasteiger partial charge < -0.3 is 0 Å². The van der Waals surface area contributed by atoms with E-state index in [1.165, 1.54) is 0 Å². The molecule has 0 amide bonds. The molecule has 2 rings (SSSR count). The number of pyridine rings is 1. The van der Waals surface area contributed by atoms with Crippen molar-refractivity contribution in [1.82, 2.24) is 15.2 Å². The third kappa shape index (κ3) is 1.30. The monoisotopic (exact) mass is 175 g/mol. The van der Waals surface area contributed by atoms with Crippen LogP contribution in [0.15, 0.2) is 23.1 Å². The highest BCUT2D eigenvalue weighted by Gasteiger charge is 2.00. The fourth-order valence-electron chi connectivity index (χ4n) is 1.21. The van der Waals surface area contributed by atoms with E-state index in [0.717, 1.165) is 17.5 Å². The smallest absolute Gasteiger partial charge is 0.266 e. The lowest BCUT2D eigenvalue weighted by molar-refractivity contribution is 0.988. The molecule has 0 bridgehead atoms. The zero-order chi connectivity index (χ0) is 9.26. The topological polar surface area (TPSA) is 58.6 Å². The van der Waals surface area contributed by atoms with Crippen LogP contribution in [0.4, 0.5) is 0 Å². The molecular formula is C9H9N3O. The van der Waals surface area contributed by atoms with E-state index in [9.17, 15) is 4.79 Å². The predicted molar refractivity (Wildman–Crippen MR) is 49.5 cm³/mol. The number of hydrogen-bond donors (Lipinski definition) is 1. The third-order valence-corrected chi connectivity index (χ3v) is 1.93. The van der Waals surface area contributed by atoms with Crippen LogP contribution < -0.4 is 5.56 Å². The van der Waals surface area contributed by atoms with Gasteiger partial charge in [0.05, 0.1) is 6.20 Å². The normalized spacial score (nSPS) is 10.5. The molecule has 2 aromatic rings. The summed E-state index contributed by atoms with van der Waals surface area (Å²) in [6.07, 6.45) is 2.43. The Kier molecular flexibility index (Phi) is 1.81. The number of fused-ring (bicyclic) bond motifs is 1. The number of hydrogen-bond acceptors (Lipinski definition) is 3. The largest absolute Gasteiger partial charge is 0.290 e. The van der Waals surface area contributed by atoms with Crippen molar-refractivity contribution >= 4 is 10.9 Å². The molecule has 0 atom stereocenters. The van der Waals surface area contributed by atoms with Gasteiger partial charge in [-0.25, -0.2) is 10.1 Å². The fourth-order valence-corrected chi connectivity index (χ4v) is 1.21. The van der Waals surface area contributed by atoms with Crippen molar-refractivity contribution in [2.75, 3.05) is 0 Å². The van der Waals surface area contributed by atoms with E-state index in [0.29, 0.717) is 5.52 Å². The summed E-state index contributed by atoms with van der Waals surface area (Å²) in [7, 11) is 0. The van der Waals surface area contributed by atoms with Crippen LogP contribution in [0.2, 0.25) is 0 Å². The summed E-state index contributed by atoms with van der Waals surface area (Å²) in [5, 5.41) is 6.83. The van der Waals surface area contributed by atoms with Crippen LogP contribution in [0, 0.1) is 0 Å². The average molecular weight is 175 g/mol. The molecule has 13 heavy (non-hydrogen) atoms. The van der Waals surface area contributed by atoms with E-state index in [-0.39, 0.29) is 5.56 Å². The van der Waals surface area contributed by atoms with Crippen LogP contribution in [0.3, 0.4) is 0 Å². The van der Waals surface area contributed by atoms with E-state index in [1.54, 1.807) is 6.20 Å². The van der Waals surface area contributed by atoms with E-state index < -0.39 is 0 Å². The molecule has 1 N–H and O–H groups in total. The average Bonchev–Trinajstić information content (AvgIpc) is 2.18. The summed E-state index contributed by atoms with van der Waals surface area (Å²) in [5.74, 6) is 0. The minimum atomic E-state index is -0.229. The lowest BCUT2D eigenvalue weighted by Crippen LogP contribution is -2.09. The molecule has 2 heterocycles. The molecule has 0 saturated carbocycles. The Morgan fingerprint density at radius 1 is 1.46 bits per heavy atom. The molecule has 66 valence electrons. The highest BCUT2D eigenvalue weighted by molar-refractivity contribution is 5.76. The third-order valence-electron chi connectivity index (χ3n) is 1.93. The molecule has 0 aliphatic rings. The van der Waals surface area contributed by atoms with Crippen LogP contribution >= 0.6 is 0 Å². The van der Waals surface area contributed by atoms with Gasteiger partial charge in [-0.15, -0.1) is 0 Å². The molecule has 0 unspecified atom stereocenters. The highest BCUT2D eigenvalue weighted by atomic mass is 16.1. The standard InChI is InChI=1S/C9H9N3O/c1-2-7-4-3-6-5-10-12-9(13)8(6)11-7/h3-5H,2H2,1H3,(H,12,13). The summed E-state index contributed by atoms with van der Waals surface area (Å²) in [5.41, 5.74) is 1.16. The van der Waals surface area contributed by atoms with Crippen molar-refractivity contribution in [3.05, 3.63) is 34.4 Å². The first-order valence-corrected chi connectivity index (χ1v) is 4.14. The Bertz CT molecular complexity index is 489. The molecule has 0 spiro atoms. The maximum Gasteiger partial charge on any atom is 0.290 e. The number of aromatic nitrogens is 3. The second-order valence-electron chi connectivity index (χ2n) is 2.79. The van der Waals surface area contributed by atoms with E-state index in [4.69, 9.17) is 0 Å². The molecule has 0 aromatic carbocycles. The quantitative estimate of drug-likeness (QED) is 0.699. The van der Waals surface area contributed by atoms with Crippen molar-refractivity contribution in [2.45, 2.75) is 13.3 Å². The van der Waals surface area contributed by atoms with Crippen molar-refractivity contribution in [3.8, 4) is 0 Å². The van der Waals surface area contributed by atoms with Crippen LogP contribution in [0.1, 0.15) is 12.6 Å². The molecule has 0 saturated heterocycles. The van der Waals surface area contributed by atoms with Gasteiger partial charge in [-0.1, -0.05) is 6.92 Å². The van der Waals surface area contributed by atoms with Gasteiger partial charge in [0.15, 0.2) is 0 Å². The van der Waals surface area contributed by atoms with Gasteiger partial charge in [-0.3, -0.25) is 4.79 Å². The van der Waals surface area contributed by atoms with Crippen molar-refractivity contribution in [2.24, 2.45) is 0 Å². The van der Waals surface area contributed by atoms with Crippen LogP contribution in [0.25, 0.3) is 10.9 Å². The van der Waals surface area contributed by atoms with Gasteiger partial charge in [0.1, 0.15) is 5.52 Å². The summed E-state index contributed by atoms with van der Waals surface area (Å²) >= 11 is 0. The van der Waals surface area contributed by atoms with Crippen molar-refractivity contribution in [3.63, 3.8) is 0 Å². The molecule has 4 heteroatoms. The van der Waals surface area contributed by atoms with E-state index in [2.05, 4.69) is 15.2 Å². The summed E-state index contributed by atoms with van der Waals surface area (Å²) in [4.78, 5) is 15.5. The van der Waals surface area contributed by atoms with Gasteiger partial charge in [0, 0.05) is 11.1 Å². The first kappa shape index (κ1) is 7.91. The van der Waals surface area contributed by atoms with Gasteiger partial charge in [0.2, 0.25) is 0 Å². The Balaban J connectivity index is 2.82. The lowest BCUT2D eigenvalue weighted by atomic mass is 10.2. The number of aromatic amines is 1. The zero-order valence-electron chi connectivity index (χ0n) is 7.24. The Labute approximate surface area is 74.6 Å². The maximum atomic E-state index is 11.3. The zero-order valence-corrected chi connectivity index (χ0v) is 7.24. The van der Waals surface area contributed by atoms with Gasteiger partial charge in [0.25, 0.3) is 5.56 Å². The molecule has 4 nitrogen and oxygen atoms in total. The summed E-state index contributed by atoms with van der Waals surface area (Å²) in [6, 6.07) is 3.77. The first-order chi connectivity index (χ1) is 6.31. The van der Waals surface area contributed by atoms with Crippen LogP contribution in [-0.4, -0.2) is 15.2 Å². The second kappa shape index (κ2) is 2.97. The molecule has 0 aliphatic heterocycles. The Hall–Kier alpha value is -1.71. The lowest BCUT2D eigenvalue weighted by Gasteiger charge is -1.97. The van der Waals surface area contributed by atoms with E-state index >= 15 is 0 Å². The minimum absolute atomic E-state index is 0.229. The van der Waals surface area contributed by atoms with Gasteiger partial charge in [-0.2, -0.15) is 5.10 Å². The molecule has 0 radical (unpaired) electrons. The van der Waals surface area contributed by atoms with Gasteiger partial charge in [-0.05, 0) is 18.6 Å². The SMILES string of the molecule is CCc1ccc2cn[nH]c(=O)c2n1. The summed E-state index contributed by atoms with van der Waals surface area (Å²) in [6.45, 7) is 2.00. The fraction of sp³-hybridized carbons (Fsp3) is 0.222. The first-order valence-electron chi connectivity index (χ1n) is 4.14. The van der Waals surface area contributed by atoms with Crippen molar-refractivity contribution < 1.29 is 0 Å². The Morgan fingerprint density at radius 2 is 2.31 bits per heavy atom. The number of aryl methyl sites for hydroxylation is 1. The molecule has 2 aromatic heterocycles. The highest BCUT2D eigenvalue weighted by Crippen LogP contribution is 2.06. The maximum absolute atomic E-state index is 11.3. The second-order valence-corrected chi connectivity index (χ2v) is 2.79. The van der Waals surface area contributed by atoms with Gasteiger partial charge >= 0.3 is 0 Å². The van der Waals surface area contributed by atoms with E-state index in [1.807, 2.05) is 19.1 Å². The predicted octanol–water partition coefficient (Wildman–Crippen LogP) is 0.880. The Morgan fingerprint density at radius 3 is 3.08 bits per heavy atom. The van der Waals surface area contributed by atoms with Crippen LogP contribution in [0.5, 0.6) is 0 Å². The number of nitrogens with zero attached hydrogens (tertiary/aromatic N) is 2. The number of nitrogens with one attached hydrogen (secondary N) is 1. The molecular weight excluding hydrogens is 166 g/mol. The van der Waals surface area contributed by atoms with Crippen molar-refractivity contribution in [1.29, 1.82) is 0 Å². The number of H-pyrrole nitrogens is 1. The molecule has 0 aliphatic carbocycles. The van der Waals surface area contributed by atoms with Crippen LogP contribution in [-0.2, 0) is 6.42 Å². The molecule has 0 fully saturated rings.